The molecule has 1 aromatic carbocycles. The van der Waals surface area contributed by atoms with Crippen molar-refractivity contribution in [3.8, 4) is 0 Å². The molecule has 2 aromatic rings. The highest BCUT2D eigenvalue weighted by atomic mass is 15.3. The van der Waals surface area contributed by atoms with Gasteiger partial charge in [0.1, 0.15) is 5.82 Å². The van der Waals surface area contributed by atoms with E-state index in [9.17, 15) is 0 Å². The summed E-state index contributed by atoms with van der Waals surface area (Å²) >= 11 is 0. The molecule has 1 aliphatic heterocycles. The Hall–Kier alpha value is -2.37. The Kier molecular flexibility index (Phi) is 4.89. The molecule has 4 rings (SSSR count). The quantitative estimate of drug-likeness (QED) is 0.656. The zero-order chi connectivity index (χ0) is 18.9. The van der Waals surface area contributed by atoms with E-state index in [1.807, 2.05) is 25.6 Å². The number of benzene rings is 1. The molecule has 1 atom stereocenters. The van der Waals surface area contributed by atoms with Gasteiger partial charge in [0.05, 0.1) is 6.54 Å². The van der Waals surface area contributed by atoms with E-state index < -0.39 is 0 Å². The van der Waals surface area contributed by atoms with Crippen LogP contribution in [0.3, 0.4) is 0 Å². The molecular weight excluding hydrogens is 336 g/mol. The van der Waals surface area contributed by atoms with Crippen LogP contribution in [0.1, 0.15) is 48.5 Å². The molecule has 6 nitrogen and oxygen atoms in total. The fourth-order valence-corrected chi connectivity index (χ4v) is 4.84. The minimum Gasteiger partial charge on any atom is -0.349 e. The third kappa shape index (κ3) is 3.33. The van der Waals surface area contributed by atoms with Crippen molar-refractivity contribution < 1.29 is 0 Å². The van der Waals surface area contributed by atoms with Gasteiger partial charge in [-0.3, -0.25) is 4.99 Å². The highest BCUT2D eigenvalue weighted by Crippen LogP contribution is 2.43. The Bertz CT molecular complexity index is 839. The molecule has 1 spiro atoms. The summed E-state index contributed by atoms with van der Waals surface area (Å²) in [7, 11) is 3.88. The number of nitrogens with one attached hydrogen (secondary N) is 1. The number of fused-ring (bicyclic) bond motifs is 2. The molecule has 2 heterocycles. The first-order chi connectivity index (χ1) is 13.1. The summed E-state index contributed by atoms with van der Waals surface area (Å²) in [6.45, 7) is 4.72. The summed E-state index contributed by atoms with van der Waals surface area (Å²) < 4.78 is 2.02. The fraction of sp³-hybridized carbons (Fsp3) is 0.571. The predicted octanol–water partition coefficient (Wildman–Crippen LogP) is 2.57. The van der Waals surface area contributed by atoms with Crippen molar-refractivity contribution in [2.75, 3.05) is 20.1 Å². The molecule has 1 N–H and O–H groups in total. The summed E-state index contributed by atoms with van der Waals surface area (Å²) in [4.78, 5) is 7.01. The third-order valence-corrected chi connectivity index (χ3v) is 6.37. The first-order valence-corrected chi connectivity index (χ1v) is 10.0. The number of aromatic nitrogens is 3. The second-order valence-corrected chi connectivity index (χ2v) is 7.94. The Labute approximate surface area is 161 Å². The van der Waals surface area contributed by atoms with Crippen LogP contribution in [0.15, 0.2) is 29.3 Å². The summed E-state index contributed by atoms with van der Waals surface area (Å²) in [6.07, 6.45) is 6.27. The molecule has 27 heavy (non-hydrogen) atoms. The molecule has 2 aliphatic rings. The third-order valence-electron chi connectivity index (χ3n) is 6.37. The van der Waals surface area contributed by atoms with Gasteiger partial charge in [0.2, 0.25) is 0 Å². The van der Waals surface area contributed by atoms with Gasteiger partial charge in [0, 0.05) is 32.6 Å². The predicted molar refractivity (Wildman–Crippen MR) is 108 cm³/mol. The standard InChI is InChI=1S/C21H30N6/c1-16-24-25-19(26(16)3)14-23-20(22-2)27-13-7-12-21(15-27)11-6-9-17-8-4-5-10-18(17)21/h4-5,8,10H,6-7,9,11-15H2,1-3H3,(H,22,23). The minimum atomic E-state index is 0.270. The Morgan fingerprint density at radius 1 is 1.22 bits per heavy atom. The topological polar surface area (TPSA) is 58.3 Å². The molecule has 0 saturated carbocycles. The van der Waals surface area contributed by atoms with E-state index in [-0.39, 0.29) is 5.41 Å². The van der Waals surface area contributed by atoms with Gasteiger partial charge in [-0.1, -0.05) is 24.3 Å². The Morgan fingerprint density at radius 2 is 2.04 bits per heavy atom. The maximum absolute atomic E-state index is 4.57. The lowest BCUT2D eigenvalue weighted by molar-refractivity contribution is 0.188. The van der Waals surface area contributed by atoms with Crippen molar-refractivity contribution in [1.82, 2.24) is 25.0 Å². The lowest BCUT2D eigenvalue weighted by Gasteiger charge is -2.47. The van der Waals surface area contributed by atoms with E-state index in [1.165, 1.54) is 32.1 Å². The van der Waals surface area contributed by atoms with Crippen LogP contribution in [0.25, 0.3) is 0 Å². The zero-order valence-corrected chi connectivity index (χ0v) is 16.7. The number of nitrogens with zero attached hydrogens (tertiary/aromatic N) is 5. The zero-order valence-electron chi connectivity index (χ0n) is 16.7. The molecule has 1 saturated heterocycles. The van der Waals surface area contributed by atoms with Crippen LogP contribution in [-0.4, -0.2) is 45.8 Å². The molecule has 0 amide bonds. The largest absolute Gasteiger partial charge is 0.349 e. The molecular formula is C21H30N6. The highest BCUT2D eigenvalue weighted by molar-refractivity contribution is 5.80. The maximum atomic E-state index is 4.57. The highest BCUT2D eigenvalue weighted by Gasteiger charge is 2.40. The SMILES string of the molecule is CN=C(NCc1nnc(C)n1C)N1CCCC2(CCCc3ccccc32)C1. The molecule has 1 fully saturated rings. The molecule has 1 aliphatic carbocycles. The lowest BCUT2D eigenvalue weighted by atomic mass is 9.66. The molecule has 6 heteroatoms. The first kappa shape index (κ1) is 18.0. The van der Waals surface area contributed by atoms with Gasteiger partial charge in [-0.15, -0.1) is 10.2 Å². The van der Waals surface area contributed by atoms with Crippen LogP contribution in [-0.2, 0) is 25.4 Å². The smallest absolute Gasteiger partial charge is 0.194 e. The van der Waals surface area contributed by atoms with Gasteiger partial charge in [0.15, 0.2) is 11.8 Å². The monoisotopic (exact) mass is 366 g/mol. The van der Waals surface area contributed by atoms with Gasteiger partial charge in [-0.25, -0.2) is 0 Å². The van der Waals surface area contributed by atoms with Crippen molar-refractivity contribution in [3.05, 3.63) is 47.0 Å². The number of piperidine rings is 1. The summed E-state index contributed by atoms with van der Waals surface area (Å²) in [5.41, 5.74) is 3.38. The van der Waals surface area contributed by atoms with Crippen LogP contribution in [0, 0.1) is 6.92 Å². The summed E-state index contributed by atoms with van der Waals surface area (Å²) in [5, 5.41) is 11.9. The van der Waals surface area contributed by atoms with Crippen molar-refractivity contribution in [1.29, 1.82) is 0 Å². The second kappa shape index (κ2) is 7.33. The van der Waals surface area contributed by atoms with Crippen molar-refractivity contribution in [3.63, 3.8) is 0 Å². The first-order valence-electron chi connectivity index (χ1n) is 10.0. The van der Waals surface area contributed by atoms with Crippen LogP contribution in [0.2, 0.25) is 0 Å². The van der Waals surface area contributed by atoms with Crippen molar-refractivity contribution in [2.45, 2.75) is 51.0 Å². The van der Waals surface area contributed by atoms with Crippen LogP contribution >= 0.6 is 0 Å². The number of aryl methyl sites for hydroxylation is 2. The maximum Gasteiger partial charge on any atom is 0.194 e. The van der Waals surface area contributed by atoms with E-state index in [0.29, 0.717) is 6.54 Å². The van der Waals surface area contributed by atoms with Gasteiger partial charge < -0.3 is 14.8 Å². The number of hydrogen-bond donors (Lipinski definition) is 1. The molecule has 1 unspecified atom stereocenters. The minimum absolute atomic E-state index is 0.270. The lowest BCUT2D eigenvalue weighted by Crippen LogP contribution is -2.53. The number of aliphatic imine (C=N–C) groups is 1. The van der Waals surface area contributed by atoms with Gasteiger partial charge in [-0.05, 0) is 50.2 Å². The van der Waals surface area contributed by atoms with E-state index in [4.69, 9.17) is 0 Å². The number of guanidine groups is 1. The Balaban J connectivity index is 1.51. The van der Waals surface area contributed by atoms with Gasteiger partial charge in [-0.2, -0.15) is 0 Å². The number of rotatable bonds is 2. The Morgan fingerprint density at radius 3 is 2.81 bits per heavy atom. The second-order valence-electron chi connectivity index (χ2n) is 7.94. The average Bonchev–Trinajstić information content (AvgIpc) is 3.01. The van der Waals surface area contributed by atoms with Crippen molar-refractivity contribution >= 4 is 5.96 Å². The van der Waals surface area contributed by atoms with Crippen LogP contribution in [0.4, 0.5) is 0 Å². The van der Waals surface area contributed by atoms with Crippen LogP contribution < -0.4 is 5.32 Å². The molecule has 0 radical (unpaired) electrons. The van der Waals surface area contributed by atoms with E-state index in [1.54, 1.807) is 11.1 Å². The average molecular weight is 367 g/mol. The number of hydrogen-bond acceptors (Lipinski definition) is 3. The molecule has 0 bridgehead atoms. The summed E-state index contributed by atoms with van der Waals surface area (Å²) in [6, 6.07) is 9.06. The van der Waals surface area contributed by atoms with Gasteiger partial charge >= 0.3 is 0 Å². The number of likely N-dealkylation sites (tertiary alicyclic amines) is 1. The van der Waals surface area contributed by atoms with E-state index in [0.717, 1.165) is 30.7 Å². The summed E-state index contributed by atoms with van der Waals surface area (Å²) in [5.74, 6) is 2.83. The van der Waals surface area contributed by atoms with Crippen molar-refractivity contribution in [2.24, 2.45) is 12.0 Å². The van der Waals surface area contributed by atoms with Gasteiger partial charge in [0.25, 0.3) is 0 Å². The molecule has 144 valence electrons. The van der Waals surface area contributed by atoms with E-state index >= 15 is 0 Å². The fourth-order valence-electron chi connectivity index (χ4n) is 4.84. The normalized spacial score (nSPS) is 22.8. The van der Waals surface area contributed by atoms with Crippen LogP contribution in [0.5, 0.6) is 0 Å². The van der Waals surface area contributed by atoms with E-state index in [2.05, 4.69) is 49.7 Å². The molecule has 1 aromatic heterocycles.